The molecule has 1 N–H and O–H groups in total. The van der Waals surface area contributed by atoms with Gasteiger partial charge in [-0.15, -0.1) is 0 Å². The predicted molar refractivity (Wildman–Crippen MR) is 75.9 cm³/mol. The summed E-state index contributed by atoms with van der Waals surface area (Å²) >= 11 is 0. The molecule has 0 aromatic rings. The lowest BCUT2D eigenvalue weighted by atomic mass is 9.88. The maximum atomic E-state index is 5.65. The molecule has 2 rings (SSSR count). The van der Waals surface area contributed by atoms with Crippen molar-refractivity contribution in [2.75, 3.05) is 39.4 Å². The maximum Gasteiger partial charge on any atom is 0.0593 e. The molecule has 2 aliphatic heterocycles. The van der Waals surface area contributed by atoms with E-state index in [9.17, 15) is 0 Å². The van der Waals surface area contributed by atoms with Gasteiger partial charge in [0.05, 0.1) is 6.61 Å². The number of nitrogens with one attached hydrogen (secondary N) is 1. The number of piperidine rings is 1. The lowest BCUT2D eigenvalue weighted by Crippen LogP contribution is -2.41. The molecule has 2 saturated heterocycles. The quantitative estimate of drug-likeness (QED) is 0.705. The number of nitrogens with zero attached hydrogens (tertiary/aromatic N) is 1. The number of likely N-dealkylation sites (tertiary alicyclic amines) is 1. The summed E-state index contributed by atoms with van der Waals surface area (Å²) in [7, 11) is 0. The summed E-state index contributed by atoms with van der Waals surface area (Å²) in [4.78, 5) is 2.58. The number of rotatable bonds is 7. The molecule has 0 aliphatic carbocycles. The van der Waals surface area contributed by atoms with Crippen molar-refractivity contribution in [3.63, 3.8) is 0 Å². The van der Waals surface area contributed by atoms with Crippen LogP contribution >= 0.6 is 0 Å². The molecule has 0 bridgehead atoms. The Morgan fingerprint density at radius 2 is 2.00 bits per heavy atom. The normalized spacial score (nSPS) is 26.8. The zero-order chi connectivity index (χ0) is 12.6. The SMILES string of the molecule is CCCCOCCN1CCC(C2CCCN2)CC1. The van der Waals surface area contributed by atoms with Crippen LogP contribution in [0.3, 0.4) is 0 Å². The largest absolute Gasteiger partial charge is 0.380 e. The van der Waals surface area contributed by atoms with Gasteiger partial charge in [-0.25, -0.2) is 0 Å². The van der Waals surface area contributed by atoms with Crippen LogP contribution in [0.5, 0.6) is 0 Å². The van der Waals surface area contributed by atoms with E-state index in [2.05, 4.69) is 17.1 Å². The number of ether oxygens (including phenoxy) is 1. The molecule has 0 aromatic heterocycles. The molecule has 1 unspecified atom stereocenters. The van der Waals surface area contributed by atoms with E-state index in [4.69, 9.17) is 4.74 Å². The molecule has 3 nitrogen and oxygen atoms in total. The van der Waals surface area contributed by atoms with E-state index in [-0.39, 0.29) is 0 Å². The lowest BCUT2D eigenvalue weighted by Gasteiger charge is -2.34. The van der Waals surface area contributed by atoms with Crippen molar-refractivity contribution >= 4 is 0 Å². The highest BCUT2D eigenvalue weighted by molar-refractivity contribution is 4.85. The van der Waals surface area contributed by atoms with Crippen molar-refractivity contribution < 1.29 is 4.74 Å². The molecule has 0 radical (unpaired) electrons. The van der Waals surface area contributed by atoms with Crippen molar-refractivity contribution in [2.24, 2.45) is 5.92 Å². The average molecular weight is 254 g/mol. The van der Waals surface area contributed by atoms with Gasteiger partial charge in [0.25, 0.3) is 0 Å². The van der Waals surface area contributed by atoms with E-state index in [1.54, 1.807) is 0 Å². The summed E-state index contributed by atoms with van der Waals surface area (Å²) < 4.78 is 5.65. The second kappa shape index (κ2) is 8.13. The van der Waals surface area contributed by atoms with Gasteiger partial charge in [0.2, 0.25) is 0 Å². The second-order valence-corrected chi connectivity index (χ2v) is 5.85. The van der Waals surface area contributed by atoms with Crippen LogP contribution in [0.2, 0.25) is 0 Å². The van der Waals surface area contributed by atoms with Crippen LogP contribution in [-0.2, 0) is 4.74 Å². The van der Waals surface area contributed by atoms with Gasteiger partial charge in [0.15, 0.2) is 0 Å². The van der Waals surface area contributed by atoms with E-state index in [0.717, 1.165) is 31.7 Å². The average Bonchev–Trinajstić information content (AvgIpc) is 2.93. The van der Waals surface area contributed by atoms with Gasteiger partial charge >= 0.3 is 0 Å². The van der Waals surface area contributed by atoms with Gasteiger partial charge in [0, 0.05) is 19.2 Å². The minimum atomic E-state index is 0.827. The standard InChI is InChI=1S/C15H30N2O/c1-2-3-12-18-13-11-17-9-6-14(7-10-17)15-5-4-8-16-15/h14-16H,2-13H2,1H3. The van der Waals surface area contributed by atoms with E-state index in [0.29, 0.717) is 0 Å². The Bertz CT molecular complexity index is 209. The molecule has 1 atom stereocenters. The highest BCUT2D eigenvalue weighted by Crippen LogP contribution is 2.25. The fraction of sp³-hybridized carbons (Fsp3) is 1.00. The monoisotopic (exact) mass is 254 g/mol. The Hall–Kier alpha value is -0.120. The van der Waals surface area contributed by atoms with E-state index >= 15 is 0 Å². The van der Waals surface area contributed by atoms with Crippen LogP contribution in [0.4, 0.5) is 0 Å². The van der Waals surface area contributed by atoms with Gasteiger partial charge in [-0.1, -0.05) is 13.3 Å². The molecular weight excluding hydrogens is 224 g/mol. The van der Waals surface area contributed by atoms with Crippen molar-refractivity contribution in [3.05, 3.63) is 0 Å². The van der Waals surface area contributed by atoms with E-state index in [1.165, 1.54) is 58.2 Å². The van der Waals surface area contributed by atoms with Crippen molar-refractivity contribution in [3.8, 4) is 0 Å². The molecule has 18 heavy (non-hydrogen) atoms. The summed E-state index contributed by atoms with van der Waals surface area (Å²) in [5, 5.41) is 3.66. The minimum absolute atomic E-state index is 0.827. The summed E-state index contributed by atoms with van der Waals surface area (Å²) in [5.74, 6) is 0.935. The van der Waals surface area contributed by atoms with Crippen LogP contribution in [0.1, 0.15) is 45.4 Å². The van der Waals surface area contributed by atoms with Crippen molar-refractivity contribution in [2.45, 2.75) is 51.5 Å². The number of hydrogen-bond acceptors (Lipinski definition) is 3. The minimum Gasteiger partial charge on any atom is -0.380 e. The first-order valence-electron chi connectivity index (χ1n) is 7.93. The predicted octanol–water partition coefficient (Wildman–Crippen LogP) is 2.27. The number of hydrogen-bond donors (Lipinski definition) is 1. The van der Waals surface area contributed by atoms with Gasteiger partial charge in [-0.05, 0) is 57.7 Å². The van der Waals surface area contributed by atoms with Crippen LogP contribution in [0.15, 0.2) is 0 Å². The molecule has 0 spiro atoms. The first kappa shape index (κ1) is 14.3. The Kier molecular flexibility index (Phi) is 6.46. The van der Waals surface area contributed by atoms with Crippen molar-refractivity contribution in [1.82, 2.24) is 10.2 Å². The molecule has 2 aliphatic rings. The fourth-order valence-electron chi connectivity index (χ4n) is 3.23. The molecule has 3 heteroatoms. The highest BCUT2D eigenvalue weighted by atomic mass is 16.5. The Morgan fingerprint density at radius 3 is 2.67 bits per heavy atom. The molecular formula is C15H30N2O. The van der Waals surface area contributed by atoms with Crippen molar-refractivity contribution in [1.29, 1.82) is 0 Å². The zero-order valence-electron chi connectivity index (χ0n) is 12.0. The topological polar surface area (TPSA) is 24.5 Å². The van der Waals surface area contributed by atoms with Crippen LogP contribution < -0.4 is 5.32 Å². The third-order valence-corrected chi connectivity index (χ3v) is 4.49. The van der Waals surface area contributed by atoms with Crippen LogP contribution in [-0.4, -0.2) is 50.3 Å². The lowest BCUT2D eigenvalue weighted by molar-refractivity contribution is 0.0830. The summed E-state index contributed by atoms with van der Waals surface area (Å²) in [6, 6.07) is 0.827. The zero-order valence-corrected chi connectivity index (χ0v) is 12.0. The molecule has 0 saturated carbocycles. The fourth-order valence-corrected chi connectivity index (χ4v) is 3.23. The summed E-state index contributed by atoms with van der Waals surface area (Å²) in [6.45, 7) is 9.02. The number of unbranched alkanes of at least 4 members (excludes halogenated alkanes) is 1. The third kappa shape index (κ3) is 4.52. The Labute approximate surface area is 112 Å². The first-order valence-corrected chi connectivity index (χ1v) is 7.93. The highest BCUT2D eigenvalue weighted by Gasteiger charge is 2.27. The molecule has 0 amide bonds. The van der Waals surface area contributed by atoms with Crippen LogP contribution in [0, 0.1) is 5.92 Å². The smallest absolute Gasteiger partial charge is 0.0593 e. The van der Waals surface area contributed by atoms with Gasteiger partial charge < -0.3 is 15.0 Å². The second-order valence-electron chi connectivity index (χ2n) is 5.85. The Balaban J connectivity index is 1.53. The maximum absolute atomic E-state index is 5.65. The molecule has 0 aromatic carbocycles. The van der Waals surface area contributed by atoms with Gasteiger partial charge in [-0.3, -0.25) is 0 Å². The molecule has 2 fully saturated rings. The van der Waals surface area contributed by atoms with Gasteiger partial charge in [-0.2, -0.15) is 0 Å². The van der Waals surface area contributed by atoms with Gasteiger partial charge in [0.1, 0.15) is 0 Å². The summed E-state index contributed by atoms with van der Waals surface area (Å²) in [6.07, 6.45) is 8.00. The first-order chi connectivity index (χ1) is 8.90. The van der Waals surface area contributed by atoms with E-state index < -0.39 is 0 Å². The van der Waals surface area contributed by atoms with E-state index in [1.807, 2.05) is 0 Å². The molecule has 2 heterocycles. The van der Waals surface area contributed by atoms with Crippen LogP contribution in [0.25, 0.3) is 0 Å². The molecule has 106 valence electrons. The Morgan fingerprint density at radius 1 is 1.17 bits per heavy atom. The third-order valence-electron chi connectivity index (χ3n) is 4.49. The summed E-state index contributed by atoms with van der Waals surface area (Å²) in [5.41, 5.74) is 0.